The van der Waals surface area contributed by atoms with Crippen LogP contribution in [0.4, 0.5) is 4.79 Å². The van der Waals surface area contributed by atoms with Crippen molar-refractivity contribution < 1.29 is 4.79 Å². The van der Waals surface area contributed by atoms with Gasteiger partial charge in [0.1, 0.15) is 0 Å². The Morgan fingerprint density at radius 2 is 1.78 bits per heavy atom. The molecular weight excluding hydrogens is 286 g/mol. The average molecular weight is 313 g/mol. The van der Waals surface area contributed by atoms with Gasteiger partial charge in [0.05, 0.1) is 0 Å². The fraction of sp³-hybridized carbons (Fsp3) is 0.632. The summed E-state index contributed by atoms with van der Waals surface area (Å²) >= 11 is 0. The SMILES string of the molecule is CN1CCN(C2CCN([C@H]3CCCc4ccccc43)CC2)C1=O. The Balaban J connectivity index is 1.42. The van der Waals surface area contributed by atoms with Gasteiger partial charge in [0.15, 0.2) is 0 Å². The zero-order valence-corrected chi connectivity index (χ0v) is 14.1. The van der Waals surface area contributed by atoms with Gasteiger partial charge in [-0.25, -0.2) is 4.79 Å². The number of rotatable bonds is 2. The molecule has 0 N–H and O–H groups in total. The lowest BCUT2D eigenvalue weighted by atomic mass is 9.85. The van der Waals surface area contributed by atoms with Crippen LogP contribution in [0.1, 0.15) is 42.9 Å². The molecule has 23 heavy (non-hydrogen) atoms. The third kappa shape index (κ3) is 2.74. The number of benzene rings is 1. The van der Waals surface area contributed by atoms with E-state index in [9.17, 15) is 4.79 Å². The minimum Gasteiger partial charge on any atom is -0.326 e. The lowest BCUT2D eigenvalue weighted by Crippen LogP contribution is -2.47. The van der Waals surface area contributed by atoms with E-state index >= 15 is 0 Å². The van der Waals surface area contributed by atoms with Crippen LogP contribution >= 0.6 is 0 Å². The van der Waals surface area contributed by atoms with Gasteiger partial charge >= 0.3 is 6.03 Å². The molecule has 4 rings (SSSR count). The van der Waals surface area contributed by atoms with Crippen molar-refractivity contribution in [3.05, 3.63) is 35.4 Å². The normalized spacial score (nSPS) is 26.7. The van der Waals surface area contributed by atoms with Crippen molar-refractivity contribution in [2.75, 3.05) is 33.2 Å². The first kappa shape index (κ1) is 15.0. The summed E-state index contributed by atoms with van der Waals surface area (Å²) in [6, 6.07) is 10.2. The van der Waals surface area contributed by atoms with Gasteiger partial charge in [0.2, 0.25) is 0 Å². The number of fused-ring (bicyclic) bond motifs is 1. The lowest BCUT2D eigenvalue weighted by Gasteiger charge is -2.42. The molecule has 4 nitrogen and oxygen atoms in total. The summed E-state index contributed by atoms with van der Waals surface area (Å²) in [6.07, 6.45) is 6.07. The van der Waals surface area contributed by atoms with Crippen molar-refractivity contribution in [1.29, 1.82) is 0 Å². The Hall–Kier alpha value is -1.55. The van der Waals surface area contributed by atoms with Crippen LogP contribution in [0.5, 0.6) is 0 Å². The molecule has 2 aliphatic heterocycles. The van der Waals surface area contributed by atoms with Crippen molar-refractivity contribution in [3.8, 4) is 0 Å². The first-order valence-corrected chi connectivity index (χ1v) is 9.07. The second-order valence-electron chi connectivity index (χ2n) is 7.27. The fourth-order valence-electron chi connectivity index (χ4n) is 4.62. The maximum atomic E-state index is 12.2. The van der Waals surface area contributed by atoms with Gasteiger partial charge in [-0.15, -0.1) is 0 Å². The van der Waals surface area contributed by atoms with Crippen molar-refractivity contribution in [1.82, 2.24) is 14.7 Å². The molecule has 0 aromatic heterocycles. The molecule has 2 amide bonds. The third-order valence-electron chi connectivity index (χ3n) is 5.97. The van der Waals surface area contributed by atoms with Gasteiger partial charge in [-0.1, -0.05) is 24.3 Å². The van der Waals surface area contributed by atoms with Crippen molar-refractivity contribution in [2.24, 2.45) is 0 Å². The zero-order chi connectivity index (χ0) is 15.8. The molecule has 3 aliphatic rings. The molecule has 1 atom stereocenters. The van der Waals surface area contributed by atoms with E-state index in [0.717, 1.165) is 39.0 Å². The highest BCUT2D eigenvalue weighted by Gasteiger charge is 2.35. The first-order valence-electron chi connectivity index (χ1n) is 9.07. The molecule has 0 radical (unpaired) electrons. The number of amides is 2. The van der Waals surface area contributed by atoms with Gasteiger partial charge in [-0.3, -0.25) is 4.90 Å². The number of hydrogen-bond acceptors (Lipinski definition) is 2. The van der Waals surface area contributed by atoms with E-state index in [2.05, 4.69) is 34.1 Å². The Morgan fingerprint density at radius 1 is 1.00 bits per heavy atom. The first-order chi connectivity index (χ1) is 11.2. The van der Waals surface area contributed by atoms with Crippen molar-refractivity contribution in [3.63, 3.8) is 0 Å². The summed E-state index contributed by atoms with van der Waals surface area (Å²) in [5.74, 6) is 0. The van der Waals surface area contributed by atoms with Gasteiger partial charge in [-0.2, -0.15) is 0 Å². The predicted octanol–water partition coefficient (Wildman–Crippen LogP) is 2.90. The highest BCUT2D eigenvalue weighted by molar-refractivity contribution is 5.76. The molecule has 1 aromatic carbocycles. The van der Waals surface area contributed by atoms with E-state index in [1.807, 2.05) is 11.9 Å². The van der Waals surface area contributed by atoms with Crippen LogP contribution < -0.4 is 0 Å². The quantitative estimate of drug-likeness (QED) is 0.839. The number of piperidine rings is 1. The Labute approximate surface area is 139 Å². The molecule has 1 aliphatic carbocycles. The van der Waals surface area contributed by atoms with Crippen LogP contribution in [0.15, 0.2) is 24.3 Å². The van der Waals surface area contributed by atoms with Crippen LogP contribution in [0.2, 0.25) is 0 Å². The minimum absolute atomic E-state index is 0.228. The van der Waals surface area contributed by atoms with Crippen LogP contribution in [0.3, 0.4) is 0 Å². The van der Waals surface area contributed by atoms with Crippen LogP contribution in [0, 0.1) is 0 Å². The van der Waals surface area contributed by atoms with Crippen LogP contribution in [0.25, 0.3) is 0 Å². The number of hydrogen-bond donors (Lipinski definition) is 0. The monoisotopic (exact) mass is 313 g/mol. The molecule has 124 valence electrons. The topological polar surface area (TPSA) is 26.8 Å². The molecule has 2 saturated heterocycles. The second kappa shape index (κ2) is 6.16. The number of carbonyl (C=O) groups excluding carboxylic acids is 1. The summed E-state index contributed by atoms with van der Waals surface area (Å²) in [7, 11) is 1.91. The standard InChI is InChI=1S/C19H27N3O/c1-20-13-14-22(19(20)23)16-9-11-21(12-10-16)18-8-4-6-15-5-2-3-7-17(15)18/h2-3,5,7,16,18H,4,6,8-14H2,1H3/t18-/m0/s1. The molecule has 0 bridgehead atoms. The number of urea groups is 1. The highest BCUT2D eigenvalue weighted by Crippen LogP contribution is 2.36. The van der Waals surface area contributed by atoms with E-state index in [1.54, 1.807) is 11.1 Å². The fourth-order valence-corrected chi connectivity index (χ4v) is 4.62. The molecule has 0 spiro atoms. The Morgan fingerprint density at radius 3 is 2.52 bits per heavy atom. The summed E-state index contributed by atoms with van der Waals surface area (Å²) in [4.78, 5) is 18.8. The van der Waals surface area contributed by atoms with Gasteiger partial charge in [0, 0.05) is 45.3 Å². The number of likely N-dealkylation sites (tertiary alicyclic amines) is 1. The maximum absolute atomic E-state index is 12.2. The minimum atomic E-state index is 0.228. The average Bonchev–Trinajstić information content (AvgIpc) is 2.94. The number of aryl methyl sites for hydroxylation is 1. The summed E-state index contributed by atoms with van der Waals surface area (Å²) < 4.78 is 0. The third-order valence-corrected chi connectivity index (χ3v) is 5.97. The van der Waals surface area contributed by atoms with E-state index in [4.69, 9.17) is 0 Å². The maximum Gasteiger partial charge on any atom is 0.320 e. The van der Waals surface area contributed by atoms with Gasteiger partial charge in [0.25, 0.3) is 0 Å². The number of carbonyl (C=O) groups is 1. The van der Waals surface area contributed by atoms with Crippen molar-refractivity contribution in [2.45, 2.75) is 44.2 Å². The summed E-state index contributed by atoms with van der Waals surface area (Å²) in [5.41, 5.74) is 3.09. The molecule has 2 heterocycles. The molecular formula is C19H27N3O. The Kier molecular flexibility index (Phi) is 4.02. The second-order valence-corrected chi connectivity index (χ2v) is 7.27. The van der Waals surface area contributed by atoms with Gasteiger partial charge < -0.3 is 9.80 Å². The van der Waals surface area contributed by atoms with E-state index in [0.29, 0.717) is 12.1 Å². The van der Waals surface area contributed by atoms with E-state index < -0.39 is 0 Å². The molecule has 1 aromatic rings. The molecule has 0 saturated carbocycles. The largest absolute Gasteiger partial charge is 0.326 e. The summed E-state index contributed by atoms with van der Waals surface area (Å²) in [5, 5.41) is 0. The van der Waals surface area contributed by atoms with Crippen molar-refractivity contribution >= 4 is 6.03 Å². The highest BCUT2D eigenvalue weighted by atomic mass is 16.2. The van der Waals surface area contributed by atoms with E-state index in [1.165, 1.54) is 19.3 Å². The lowest BCUT2D eigenvalue weighted by molar-refractivity contribution is 0.0963. The van der Waals surface area contributed by atoms with Crippen LogP contribution in [-0.2, 0) is 6.42 Å². The van der Waals surface area contributed by atoms with E-state index in [-0.39, 0.29) is 6.03 Å². The molecule has 4 heteroatoms. The Bertz CT molecular complexity index is 580. The predicted molar refractivity (Wildman–Crippen MR) is 91.4 cm³/mol. The smallest absolute Gasteiger partial charge is 0.320 e. The number of nitrogens with zero attached hydrogens (tertiary/aromatic N) is 3. The number of likely N-dealkylation sites (N-methyl/N-ethyl adjacent to an activating group) is 1. The zero-order valence-electron chi connectivity index (χ0n) is 14.1. The molecule has 0 unspecified atom stereocenters. The summed E-state index contributed by atoms with van der Waals surface area (Å²) in [6.45, 7) is 4.04. The molecule has 2 fully saturated rings. The van der Waals surface area contributed by atoms with Gasteiger partial charge in [-0.05, 0) is 43.2 Å². The van der Waals surface area contributed by atoms with Crippen LogP contribution in [-0.4, -0.2) is 60.0 Å².